The van der Waals surface area contributed by atoms with Crippen LogP contribution in [0.25, 0.3) is 0 Å². The van der Waals surface area contributed by atoms with Crippen molar-refractivity contribution in [2.45, 2.75) is 19.9 Å². The van der Waals surface area contributed by atoms with Crippen LogP contribution in [0.15, 0.2) is 22.7 Å². The zero-order chi connectivity index (χ0) is 10.7. The van der Waals surface area contributed by atoms with Crippen LogP contribution in [0.4, 0.5) is 5.69 Å². The van der Waals surface area contributed by atoms with Crippen molar-refractivity contribution in [3.8, 4) is 5.75 Å². The average molecular weight is 258 g/mol. The van der Waals surface area contributed by atoms with Crippen LogP contribution >= 0.6 is 15.9 Å². The van der Waals surface area contributed by atoms with E-state index in [2.05, 4.69) is 47.8 Å². The van der Waals surface area contributed by atoms with E-state index in [4.69, 9.17) is 4.74 Å². The number of rotatable bonds is 3. The molecule has 0 N–H and O–H groups in total. The number of nitrogens with zero attached hydrogens (tertiary/aromatic N) is 1. The van der Waals surface area contributed by atoms with Crippen LogP contribution < -0.4 is 9.64 Å². The van der Waals surface area contributed by atoms with Crippen molar-refractivity contribution in [2.24, 2.45) is 0 Å². The van der Waals surface area contributed by atoms with Gasteiger partial charge < -0.3 is 9.64 Å². The van der Waals surface area contributed by atoms with E-state index in [0.29, 0.717) is 6.04 Å². The second-order valence-electron chi connectivity index (χ2n) is 3.52. The monoisotopic (exact) mass is 257 g/mol. The number of methoxy groups -OCH3 is 1. The van der Waals surface area contributed by atoms with Gasteiger partial charge in [0.05, 0.1) is 12.8 Å². The first-order valence-electron chi connectivity index (χ1n) is 4.62. The molecule has 0 radical (unpaired) electrons. The van der Waals surface area contributed by atoms with Crippen LogP contribution in [0.3, 0.4) is 0 Å². The van der Waals surface area contributed by atoms with E-state index in [9.17, 15) is 0 Å². The molecule has 0 bridgehead atoms. The van der Waals surface area contributed by atoms with Crippen molar-refractivity contribution in [1.29, 1.82) is 0 Å². The minimum Gasteiger partial charge on any atom is -0.495 e. The molecule has 0 aromatic heterocycles. The molecule has 0 fully saturated rings. The van der Waals surface area contributed by atoms with E-state index in [0.717, 1.165) is 15.9 Å². The molecule has 0 aliphatic carbocycles. The summed E-state index contributed by atoms with van der Waals surface area (Å²) in [6.07, 6.45) is 0. The fraction of sp³-hybridized carbons (Fsp3) is 0.455. The minimum absolute atomic E-state index is 0.457. The van der Waals surface area contributed by atoms with Crippen LogP contribution in [0.1, 0.15) is 13.8 Å². The van der Waals surface area contributed by atoms with Crippen molar-refractivity contribution in [3.63, 3.8) is 0 Å². The molecule has 0 amide bonds. The van der Waals surface area contributed by atoms with Crippen molar-refractivity contribution in [3.05, 3.63) is 22.7 Å². The van der Waals surface area contributed by atoms with Gasteiger partial charge in [-0.2, -0.15) is 0 Å². The van der Waals surface area contributed by atoms with Gasteiger partial charge in [0.2, 0.25) is 0 Å². The van der Waals surface area contributed by atoms with Crippen LogP contribution in [0.5, 0.6) is 5.75 Å². The third-order valence-corrected chi connectivity index (χ3v) is 2.79. The Morgan fingerprint density at radius 2 is 2.00 bits per heavy atom. The molecule has 0 atom stereocenters. The molecular formula is C11H16BrNO. The molecular weight excluding hydrogens is 242 g/mol. The lowest BCUT2D eigenvalue weighted by Crippen LogP contribution is -2.26. The van der Waals surface area contributed by atoms with Crippen molar-refractivity contribution in [2.75, 3.05) is 19.1 Å². The molecule has 0 saturated heterocycles. The van der Waals surface area contributed by atoms with Gasteiger partial charge in [-0.1, -0.05) is 15.9 Å². The van der Waals surface area contributed by atoms with E-state index in [1.165, 1.54) is 0 Å². The summed E-state index contributed by atoms with van der Waals surface area (Å²) in [6, 6.07) is 6.48. The van der Waals surface area contributed by atoms with Crippen LogP contribution in [0, 0.1) is 0 Å². The second-order valence-corrected chi connectivity index (χ2v) is 4.44. The Hall–Kier alpha value is -0.700. The molecule has 1 aromatic carbocycles. The quantitative estimate of drug-likeness (QED) is 0.824. The van der Waals surface area contributed by atoms with E-state index < -0.39 is 0 Å². The normalized spacial score (nSPS) is 10.4. The summed E-state index contributed by atoms with van der Waals surface area (Å²) < 4.78 is 6.38. The highest BCUT2D eigenvalue weighted by molar-refractivity contribution is 9.10. The topological polar surface area (TPSA) is 12.5 Å². The van der Waals surface area contributed by atoms with Crippen molar-refractivity contribution in [1.82, 2.24) is 0 Å². The predicted molar refractivity (Wildman–Crippen MR) is 64.2 cm³/mol. The molecule has 0 aliphatic heterocycles. The Balaban J connectivity index is 3.10. The summed E-state index contributed by atoms with van der Waals surface area (Å²) in [4.78, 5) is 2.18. The molecule has 0 unspecified atom stereocenters. The molecule has 2 nitrogen and oxygen atoms in total. The maximum absolute atomic E-state index is 5.31. The van der Waals surface area contributed by atoms with Gasteiger partial charge in [0.25, 0.3) is 0 Å². The average Bonchev–Trinajstić information content (AvgIpc) is 2.16. The van der Waals surface area contributed by atoms with Gasteiger partial charge in [-0.05, 0) is 32.0 Å². The van der Waals surface area contributed by atoms with Gasteiger partial charge >= 0.3 is 0 Å². The molecule has 0 heterocycles. The molecule has 0 saturated carbocycles. The zero-order valence-electron chi connectivity index (χ0n) is 9.04. The van der Waals surface area contributed by atoms with Gasteiger partial charge in [0, 0.05) is 17.6 Å². The third kappa shape index (κ3) is 2.41. The van der Waals surface area contributed by atoms with Crippen LogP contribution in [0.2, 0.25) is 0 Å². The molecule has 0 spiro atoms. The first-order valence-corrected chi connectivity index (χ1v) is 5.42. The summed E-state index contributed by atoms with van der Waals surface area (Å²) in [6.45, 7) is 4.31. The van der Waals surface area contributed by atoms with E-state index in [-0.39, 0.29) is 0 Å². The van der Waals surface area contributed by atoms with Crippen LogP contribution in [-0.4, -0.2) is 20.2 Å². The van der Waals surface area contributed by atoms with Gasteiger partial charge in [-0.15, -0.1) is 0 Å². The Labute approximate surface area is 94.0 Å². The van der Waals surface area contributed by atoms with E-state index in [1.807, 2.05) is 12.1 Å². The first kappa shape index (κ1) is 11.4. The Bertz CT molecular complexity index is 312. The van der Waals surface area contributed by atoms with Gasteiger partial charge in [0.15, 0.2) is 0 Å². The fourth-order valence-corrected chi connectivity index (χ4v) is 1.57. The number of hydrogen-bond donors (Lipinski definition) is 0. The number of ether oxygens (including phenoxy) is 1. The fourth-order valence-electron chi connectivity index (χ4n) is 1.22. The Kier molecular flexibility index (Phi) is 3.81. The van der Waals surface area contributed by atoms with Crippen LogP contribution in [-0.2, 0) is 0 Å². The zero-order valence-corrected chi connectivity index (χ0v) is 10.6. The molecule has 1 rings (SSSR count). The Morgan fingerprint density at radius 1 is 1.36 bits per heavy atom. The first-order chi connectivity index (χ1) is 6.56. The highest BCUT2D eigenvalue weighted by atomic mass is 79.9. The second kappa shape index (κ2) is 4.69. The standard InChI is InChI=1S/C11H16BrNO/c1-8(2)13(3)10-7-9(12)5-6-11(10)14-4/h5-8H,1-4H3. The van der Waals surface area contributed by atoms with Gasteiger partial charge in [-0.25, -0.2) is 0 Å². The summed E-state index contributed by atoms with van der Waals surface area (Å²) in [5.74, 6) is 0.907. The largest absolute Gasteiger partial charge is 0.495 e. The van der Waals surface area contributed by atoms with E-state index in [1.54, 1.807) is 7.11 Å². The van der Waals surface area contributed by atoms with Crippen molar-refractivity contribution >= 4 is 21.6 Å². The lowest BCUT2D eigenvalue weighted by atomic mass is 10.2. The summed E-state index contributed by atoms with van der Waals surface area (Å²) in [7, 11) is 3.76. The maximum atomic E-state index is 5.31. The molecule has 0 aliphatic rings. The smallest absolute Gasteiger partial charge is 0.142 e. The van der Waals surface area contributed by atoms with E-state index >= 15 is 0 Å². The third-order valence-electron chi connectivity index (χ3n) is 2.30. The molecule has 3 heteroatoms. The lowest BCUT2D eigenvalue weighted by Gasteiger charge is -2.25. The maximum Gasteiger partial charge on any atom is 0.142 e. The number of halogens is 1. The highest BCUT2D eigenvalue weighted by Gasteiger charge is 2.10. The SMILES string of the molecule is COc1ccc(Br)cc1N(C)C(C)C. The van der Waals surface area contributed by atoms with Gasteiger partial charge in [-0.3, -0.25) is 0 Å². The summed E-state index contributed by atoms with van der Waals surface area (Å²) >= 11 is 3.46. The summed E-state index contributed by atoms with van der Waals surface area (Å²) in [5, 5.41) is 0. The highest BCUT2D eigenvalue weighted by Crippen LogP contribution is 2.31. The molecule has 14 heavy (non-hydrogen) atoms. The Morgan fingerprint density at radius 3 is 2.50 bits per heavy atom. The number of anilines is 1. The minimum atomic E-state index is 0.457. The van der Waals surface area contributed by atoms with Crippen molar-refractivity contribution < 1.29 is 4.74 Å². The number of benzene rings is 1. The van der Waals surface area contributed by atoms with Gasteiger partial charge in [0.1, 0.15) is 5.75 Å². The lowest BCUT2D eigenvalue weighted by molar-refractivity contribution is 0.414. The molecule has 1 aromatic rings. The number of hydrogen-bond acceptors (Lipinski definition) is 2. The predicted octanol–water partition coefficient (Wildman–Crippen LogP) is 3.30. The summed E-state index contributed by atoms with van der Waals surface area (Å²) in [5.41, 5.74) is 1.11. The molecule has 78 valence electrons.